The zero-order valence-corrected chi connectivity index (χ0v) is 12.9. The number of halogens is 2. The number of rotatable bonds is 6. The van der Waals surface area contributed by atoms with Crippen molar-refractivity contribution >= 4 is 29.2 Å². The Balaban J connectivity index is 2.20. The molecule has 1 aromatic carbocycles. The molecular formula is C14H17Cl2N3O. The Morgan fingerprint density at radius 2 is 2.20 bits per heavy atom. The highest BCUT2D eigenvalue weighted by Crippen LogP contribution is 2.29. The number of nitrogens with one attached hydrogen (secondary N) is 1. The molecular weight excluding hydrogens is 297 g/mol. The molecule has 6 heteroatoms. The normalized spacial score (nSPS) is 12.4. The van der Waals surface area contributed by atoms with Gasteiger partial charge in [0.1, 0.15) is 0 Å². The van der Waals surface area contributed by atoms with Crippen LogP contribution in [0, 0.1) is 0 Å². The summed E-state index contributed by atoms with van der Waals surface area (Å²) in [4.78, 5) is 4.31. The number of benzene rings is 1. The molecule has 0 radical (unpaired) electrons. The number of hydrogen-bond acceptors (Lipinski definition) is 3. The van der Waals surface area contributed by atoms with E-state index in [4.69, 9.17) is 27.9 Å². The summed E-state index contributed by atoms with van der Waals surface area (Å²) >= 11 is 12.2. The number of nitrogens with zero attached hydrogens (tertiary/aromatic N) is 2. The minimum absolute atomic E-state index is 0.0623. The molecule has 1 atom stereocenters. The van der Waals surface area contributed by atoms with E-state index in [1.54, 1.807) is 19.4 Å². The Morgan fingerprint density at radius 1 is 1.40 bits per heavy atom. The molecule has 0 bridgehead atoms. The van der Waals surface area contributed by atoms with Gasteiger partial charge in [-0.2, -0.15) is 0 Å². The molecule has 108 valence electrons. The van der Waals surface area contributed by atoms with Gasteiger partial charge in [0, 0.05) is 36.1 Å². The fourth-order valence-electron chi connectivity index (χ4n) is 2.02. The molecule has 0 aliphatic carbocycles. The molecule has 0 fully saturated rings. The van der Waals surface area contributed by atoms with E-state index in [2.05, 4.69) is 17.2 Å². The van der Waals surface area contributed by atoms with E-state index < -0.39 is 0 Å². The minimum Gasteiger partial charge on any atom is -0.383 e. The molecule has 2 rings (SSSR count). The summed E-state index contributed by atoms with van der Waals surface area (Å²) < 4.78 is 7.05. The van der Waals surface area contributed by atoms with Gasteiger partial charge in [0.25, 0.3) is 0 Å². The number of ether oxygens (including phenoxy) is 1. The van der Waals surface area contributed by atoms with Crippen molar-refractivity contribution in [2.75, 3.05) is 25.6 Å². The van der Waals surface area contributed by atoms with E-state index in [9.17, 15) is 0 Å². The van der Waals surface area contributed by atoms with Crippen molar-refractivity contribution in [3.8, 4) is 0 Å². The van der Waals surface area contributed by atoms with Gasteiger partial charge in [0.2, 0.25) is 5.95 Å². The molecule has 0 aliphatic rings. The van der Waals surface area contributed by atoms with Crippen LogP contribution in [0.2, 0.25) is 10.0 Å². The predicted octanol–water partition coefficient (Wildman–Crippen LogP) is 3.86. The SMILES string of the molecule is COCCNc1nccn1C(C)c1ccc(Cl)cc1Cl. The molecule has 0 saturated carbocycles. The third-order valence-corrected chi connectivity index (χ3v) is 3.65. The number of aromatic nitrogens is 2. The average molecular weight is 314 g/mol. The zero-order chi connectivity index (χ0) is 14.5. The topological polar surface area (TPSA) is 39.1 Å². The van der Waals surface area contributed by atoms with Crippen LogP contribution in [0.1, 0.15) is 18.5 Å². The molecule has 0 aliphatic heterocycles. The van der Waals surface area contributed by atoms with Crippen molar-refractivity contribution in [2.24, 2.45) is 0 Å². The van der Waals surface area contributed by atoms with Crippen molar-refractivity contribution < 1.29 is 4.74 Å². The molecule has 0 spiro atoms. The molecule has 1 N–H and O–H groups in total. The summed E-state index contributed by atoms with van der Waals surface area (Å²) in [7, 11) is 1.67. The van der Waals surface area contributed by atoms with Gasteiger partial charge in [0.15, 0.2) is 0 Å². The van der Waals surface area contributed by atoms with Crippen molar-refractivity contribution in [2.45, 2.75) is 13.0 Å². The average Bonchev–Trinajstić information content (AvgIpc) is 2.87. The van der Waals surface area contributed by atoms with E-state index >= 15 is 0 Å². The van der Waals surface area contributed by atoms with Crippen molar-refractivity contribution in [1.29, 1.82) is 0 Å². The van der Waals surface area contributed by atoms with Gasteiger partial charge >= 0.3 is 0 Å². The number of imidazole rings is 1. The molecule has 0 amide bonds. The Bertz CT molecular complexity index is 571. The molecule has 1 unspecified atom stereocenters. The maximum atomic E-state index is 6.26. The Kier molecular flexibility index (Phi) is 5.29. The van der Waals surface area contributed by atoms with Gasteiger partial charge in [-0.3, -0.25) is 0 Å². The molecule has 0 saturated heterocycles. The second-order valence-corrected chi connectivity index (χ2v) is 5.26. The second-order valence-electron chi connectivity index (χ2n) is 4.42. The van der Waals surface area contributed by atoms with Gasteiger partial charge in [-0.1, -0.05) is 29.3 Å². The maximum Gasteiger partial charge on any atom is 0.203 e. The summed E-state index contributed by atoms with van der Waals surface area (Å²) in [6, 6.07) is 5.60. The monoisotopic (exact) mass is 313 g/mol. The zero-order valence-electron chi connectivity index (χ0n) is 11.4. The van der Waals surface area contributed by atoms with Gasteiger partial charge in [-0.05, 0) is 24.6 Å². The smallest absolute Gasteiger partial charge is 0.203 e. The van der Waals surface area contributed by atoms with Crippen LogP contribution in [0.3, 0.4) is 0 Å². The number of methoxy groups -OCH3 is 1. The quantitative estimate of drug-likeness (QED) is 0.823. The summed E-state index contributed by atoms with van der Waals surface area (Å²) in [6.45, 7) is 3.40. The third-order valence-electron chi connectivity index (χ3n) is 3.09. The van der Waals surface area contributed by atoms with E-state index in [1.165, 1.54) is 0 Å². The molecule has 20 heavy (non-hydrogen) atoms. The van der Waals surface area contributed by atoms with E-state index in [1.807, 2.05) is 22.9 Å². The first-order valence-electron chi connectivity index (χ1n) is 6.34. The number of hydrogen-bond donors (Lipinski definition) is 1. The van der Waals surface area contributed by atoms with Crippen LogP contribution in [0.15, 0.2) is 30.6 Å². The van der Waals surface area contributed by atoms with Crippen LogP contribution in [-0.2, 0) is 4.74 Å². The Labute approximate surface area is 128 Å². The van der Waals surface area contributed by atoms with E-state index in [-0.39, 0.29) is 6.04 Å². The second kappa shape index (κ2) is 6.97. The fraction of sp³-hybridized carbons (Fsp3) is 0.357. The summed E-state index contributed by atoms with van der Waals surface area (Å²) in [5, 5.41) is 4.52. The standard InChI is InChI=1S/C14H17Cl2N3O/c1-10(12-4-3-11(15)9-13(12)16)19-7-5-17-14(19)18-6-8-20-2/h3-5,7,9-10H,6,8H2,1-2H3,(H,17,18). The number of anilines is 1. The Morgan fingerprint density at radius 3 is 2.90 bits per heavy atom. The lowest BCUT2D eigenvalue weighted by Crippen LogP contribution is -2.15. The summed E-state index contributed by atoms with van der Waals surface area (Å²) in [5.74, 6) is 0.792. The first-order valence-corrected chi connectivity index (χ1v) is 7.09. The molecule has 2 aromatic rings. The molecule has 1 heterocycles. The van der Waals surface area contributed by atoms with Gasteiger partial charge < -0.3 is 14.6 Å². The van der Waals surface area contributed by atoms with Crippen molar-refractivity contribution in [3.05, 3.63) is 46.2 Å². The highest BCUT2D eigenvalue weighted by molar-refractivity contribution is 6.35. The first kappa shape index (κ1) is 15.2. The predicted molar refractivity (Wildman–Crippen MR) is 82.9 cm³/mol. The van der Waals surface area contributed by atoms with Gasteiger partial charge in [-0.25, -0.2) is 4.98 Å². The first-order chi connectivity index (χ1) is 9.63. The van der Waals surface area contributed by atoms with Crippen LogP contribution in [0.4, 0.5) is 5.95 Å². The summed E-state index contributed by atoms with van der Waals surface area (Å²) in [5.41, 5.74) is 1.00. The third kappa shape index (κ3) is 3.45. The lowest BCUT2D eigenvalue weighted by atomic mass is 10.1. The Hall–Kier alpha value is -1.23. The van der Waals surface area contributed by atoms with Gasteiger partial charge in [-0.15, -0.1) is 0 Å². The van der Waals surface area contributed by atoms with Crippen molar-refractivity contribution in [1.82, 2.24) is 9.55 Å². The van der Waals surface area contributed by atoms with Crippen LogP contribution in [0.5, 0.6) is 0 Å². The fourth-order valence-corrected chi connectivity index (χ4v) is 2.58. The van der Waals surface area contributed by atoms with Crippen LogP contribution < -0.4 is 5.32 Å². The van der Waals surface area contributed by atoms with Gasteiger partial charge in [0.05, 0.1) is 12.6 Å². The molecule has 4 nitrogen and oxygen atoms in total. The van der Waals surface area contributed by atoms with E-state index in [0.29, 0.717) is 23.2 Å². The van der Waals surface area contributed by atoms with Crippen LogP contribution >= 0.6 is 23.2 Å². The van der Waals surface area contributed by atoms with E-state index in [0.717, 1.165) is 11.5 Å². The lowest BCUT2D eigenvalue weighted by Gasteiger charge is -2.18. The van der Waals surface area contributed by atoms with Crippen LogP contribution in [-0.4, -0.2) is 29.8 Å². The largest absolute Gasteiger partial charge is 0.383 e. The molecule has 1 aromatic heterocycles. The highest BCUT2D eigenvalue weighted by atomic mass is 35.5. The summed E-state index contributed by atoms with van der Waals surface area (Å²) in [6.07, 6.45) is 3.68. The van der Waals surface area contributed by atoms with Crippen molar-refractivity contribution in [3.63, 3.8) is 0 Å². The van der Waals surface area contributed by atoms with Crippen LogP contribution in [0.25, 0.3) is 0 Å². The maximum absolute atomic E-state index is 6.26. The highest BCUT2D eigenvalue weighted by Gasteiger charge is 2.14. The minimum atomic E-state index is 0.0623. The lowest BCUT2D eigenvalue weighted by molar-refractivity contribution is 0.210.